The van der Waals surface area contributed by atoms with E-state index in [1.807, 2.05) is 19.1 Å². The van der Waals surface area contributed by atoms with Crippen molar-refractivity contribution >= 4 is 23.7 Å². The van der Waals surface area contributed by atoms with Crippen LogP contribution in [0.5, 0.6) is 0 Å². The summed E-state index contributed by atoms with van der Waals surface area (Å²) in [5.41, 5.74) is 0.694. The third-order valence-corrected chi connectivity index (χ3v) is 5.97. The molecule has 3 amide bonds. The van der Waals surface area contributed by atoms with Crippen LogP contribution in [0.15, 0.2) is 24.3 Å². The second kappa shape index (κ2) is 8.76. The minimum atomic E-state index is -0.911. The first-order valence-electron chi connectivity index (χ1n) is 10.3. The Hall–Kier alpha value is -2.70. The van der Waals surface area contributed by atoms with Crippen LogP contribution in [0.25, 0.3) is 0 Å². The average Bonchev–Trinajstić information content (AvgIpc) is 2.94. The molecule has 1 aromatic carbocycles. The standard InChI is InChI=1S/C22H28N2O5/c1-3-6-16-8-10-17(11-9-16)18(25)14-29-19(26)13-24-20(27)22(23-21(24)28)12-5-4-7-15(22)2/h8-11,15H,3-7,12-14H2,1-2H3,(H,23,28)/t15-,22-/m0/s1. The van der Waals surface area contributed by atoms with Gasteiger partial charge in [0.05, 0.1) is 0 Å². The van der Waals surface area contributed by atoms with E-state index in [1.54, 1.807) is 12.1 Å². The summed E-state index contributed by atoms with van der Waals surface area (Å²) in [4.78, 5) is 50.5. The van der Waals surface area contributed by atoms with E-state index in [4.69, 9.17) is 4.74 Å². The lowest BCUT2D eigenvalue weighted by molar-refractivity contribution is -0.147. The Morgan fingerprint density at radius 2 is 1.93 bits per heavy atom. The van der Waals surface area contributed by atoms with Crippen molar-refractivity contribution in [1.82, 2.24) is 10.2 Å². The Morgan fingerprint density at radius 3 is 2.59 bits per heavy atom. The van der Waals surface area contributed by atoms with Crippen molar-refractivity contribution in [3.8, 4) is 0 Å². The zero-order valence-corrected chi connectivity index (χ0v) is 17.0. The highest BCUT2D eigenvalue weighted by atomic mass is 16.5. The van der Waals surface area contributed by atoms with E-state index in [2.05, 4.69) is 12.2 Å². The summed E-state index contributed by atoms with van der Waals surface area (Å²) in [5.74, 6) is -1.45. The molecule has 1 aliphatic heterocycles. The molecule has 1 N–H and O–H groups in total. The fourth-order valence-electron chi connectivity index (χ4n) is 4.19. The molecule has 2 fully saturated rings. The van der Waals surface area contributed by atoms with Crippen LogP contribution in [0, 0.1) is 5.92 Å². The number of rotatable bonds is 7. The molecule has 156 valence electrons. The number of nitrogens with zero attached hydrogens (tertiary/aromatic N) is 1. The molecule has 3 rings (SSSR count). The fourth-order valence-corrected chi connectivity index (χ4v) is 4.19. The van der Waals surface area contributed by atoms with Crippen LogP contribution in [-0.4, -0.2) is 47.3 Å². The molecule has 0 unspecified atom stereocenters. The molecule has 29 heavy (non-hydrogen) atoms. The molecule has 1 saturated carbocycles. The molecule has 0 aromatic heterocycles. The van der Waals surface area contributed by atoms with E-state index >= 15 is 0 Å². The second-order valence-electron chi connectivity index (χ2n) is 7.97. The van der Waals surface area contributed by atoms with Gasteiger partial charge in [-0.05, 0) is 30.7 Å². The number of hydrogen-bond donors (Lipinski definition) is 1. The van der Waals surface area contributed by atoms with Crippen LogP contribution < -0.4 is 5.32 Å². The van der Waals surface area contributed by atoms with E-state index in [9.17, 15) is 19.2 Å². The van der Waals surface area contributed by atoms with Crippen LogP contribution in [-0.2, 0) is 20.7 Å². The van der Waals surface area contributed by atoms with Gasteiger partial charge >= 0.3 is 12.0 Å². The van der Waals surface area contributed by atoms with Crippen LogP contribution >= 0.6 is 0 Å². The summed E-state index contributed by atoms with van der Waals surface area (Å²) in [5, 5.41) is 2.79. The van der Waals surface area contributed by atoms with Crippen molar-refractivity contribution < 1.29 is 23.9 Å². The number of benzene rings is 1. The molecule has 2 aliphatic rings. The number of amides is 3. The van der Waals surface area contributed by atoms with Gasteiger partial charge in [0, 0.05) is 5.56 Å². The third-order valence-electron chi connectivity index (χ3n) is 5.97. The maximum atomic E-state index is 12.9. The summed E-state index contributed by atoms with van der Waals surface area (Å²) >= 11 is 0. The topological polar surface area (TPSA) is 92.8 Å². The molecule has 0 radical (unpaired) electrons. The summed E-state index contributed by atoms with van der Waals surface area (Å²) in [6, 6.07) is 6.63. The van der Waals surface area contributed by atoms with Crippen LogP contribution in [0.3, 0.4) is 0 Å². The van der Waals surface area contributed by atoms with Crippen molar-refractivity contribution in [2.75, 3.05) is 13.2 Å². The molecular weight excluding hydrogens is 372 g/mol. The van der Waals surface area contributed by atoms with Gasteiger partial charge in [-0.25, -0.2) is 4.79 Å². The first-order valence-corrected chi connectivity index (χ1v) is 10.3. The second-order valence-corrected chi connectivity index (χ2v) is 7.97. The quantitative estimate of drug-likeness (QED) is 0.432. The largest absolute Gasteiger partial charge is 0.456 e. The Bertz CT molecular complexity index is 804. The Balaban J connectivity index is 1.54. The number of Topliss-reactive ketones (excluding diaryl/α,β-unsaturated/α-hetero) is 1. The number of ether oxygens (including phenoxy) is 1. The van der Waals surface area contributed by atoms with E-state index < -0.39 is 30.7 Å². The summed E-state index contributed by atoms with van der Waals surface area (Å²) in [7, 11) is 0. The normalized spacial score (nSPS) is 23.9. The third kappa shape index (κ3) is 4.33. The molecular formula is C22H28N2O5. The Morgan fingerprint density at radius 1 is 1.21 bits per heavy atom. The monoisotopic (exact) mass is 400 g/mol. The first-order chi connectivity index (χ1) is 13.9. The zero-order valence-electron chi connectivity index (χ0n) is 17.0. The van der Waals surface area contributed by atoms with Gasteiger partial charge in [-0.2, -0.15) is 0 Å². The number of carbonyl (C=O) groups is 4. The highest BCUT2D eigenvalue weighted by Gasteiger charge is 2.55. The average molecular weight is 400 g/mol. The van der Waals surface area contributed by atoms with Gasteiger partial charge in [-0.15, -0.1) is 0 Å². The number of urea groups is 1. The molecule has 1 aliphatic carbocycles. The first kappa shape index (κ1) is 21.0. The molecule has 1 aromatic rings. The highest BCUT2D eigenvalue weighted by Crippen LogP contribution is 2.38. The van der Waals surface area contributed by atoms with Crippen molar-refractivity contribution in [2.24, 2.45) is 5.92 Å². The van der Waals surface area contributed by atoms with E-state index in [-0.39, 0.29) is 17.6 Å². The van der Waals surface area contributed by atoms with Gasteiger partial charge in [0.2, 0.25) is 0 Å². The number of nitrogens with one attached hydrogen (secondary N) is 1. The lowest BCUT2D eigenvalue weighted by Crippen LogP contribution is -2.54. The Labute approximate surface area is 170 Å². The lowest BCUT2D eigenvalue weighted by Gasteiger charge is -2.36. The molecule has 1 heterocycles. The molecule has 2 atom stereocenters. The summed E-state index contributed by atoms with van der Waals surface area (Å²) in [6.45, 7) is 3.13. The number of aryl methyl sites for hydroxylation is 1. The van der Waals surface area contributed by atoms with E-state index in [1.165, 1.54) is 0 Å². The van der Waals surface area contributed by atoms with Crippen molar-refractivity contribution in [1.29, 1.82) is 0 Å². The van der Waals surface area contributed by atoms with Crippen molar-refractivity contribution in [3.05, 3.63) is 35.4 Å². The van der Waals surface area contributed by atoms with Crippen molar-refractivity contribution in [2.45, 2.75) is 57.9 Å². The van der Waals surface area contributed by atoms with Crippen LogP contribution in [0.1, 0.15) is 61.9 Å². The maximum Gasteiger partial charge on any atom is 0.326 e. The zero-order chi connectivity index (χ0) is 21.0. The SMILES string of the molecule is CCCc1ccc(C(=O)COC(=O)CN2C(=O)N[C@]3(CCCC[C@@H]3C)C2=O)cc1. The molecule has 1 saturated heterocycles. The minimum absolute atomic E-state index is 0.0194. The maximum absolute atomic E-state index is 12.9. The van der Waals surface area contributed by atoms with Gasteiger partial charge in [-0.3, -0.25) is 19.3 Å². The smallest absolute Gasteiger partial charge is 0.326 e. The molecule has 1 spiro atoms. The number of ketones is 1. The van der Waals surface area contributed by atoms with Gasteiger partial charge in [-0.1, -0.05) is 57.4 Å². The van der Waals surface area contributed by atoms with Crippen LogP contribution in [0.4, 0.5) is 4.79 Å². The van der Waals surface area contributed by atoms with E-state index in [0.717, 1.165) is 42.6 Å². The van der Waals surface area contributed by atoms with Crippen LogP contribution in [0.2, 0.25) is 0 Å². The minimum Gasteiger partial charge on any atom is -0.456 e. The number of imide groups is 1. The van der Waals surface area contributed by atoms with Gasteiger partial charge in [0.25, 0.3) is 5.91 Å². The number of esters is 1. The predicted molar refractivity (Wildman–Crippen MR) is 106 cm³/mol. The molecule has 7 nitrogen and oxygen atoms in total. The lowest BCUT2D eigenvalue weighted by atomic mass is 9.73. The Kier molecular flexibility index (Phi) is 6.35. The summed E-state index contributed by atoms with van der Waals surface area (Å²) < 4.78 is 5.03. The van der Waals surface area contributed by atoms with Crippen molar-refractivity contribution in [3.63, 3.8) is 0 Å². The van der Waals surface area contributed by atoms with Gasteiger partial charge < -0.3 is 10.1 Å². The fraction of sp³-hybridized carbons (Fsp3) is 0.545. The molecule has 7 heteroatoms. The highest BCUT2D eigenvalue weighted by molar-refractivity contribution is 6.09. The van der Waals surface area contributed by atoms with E-state index in [0.29, 0.717) is 12.0 Å². The van der Waals surface area contributed by atoms with Gasteiger partial charge in [0.15, 0.2) is 12.4 Å². The summed E-state index contributed by atoms with van der Waals surface area (Å²) in [6.07, 6.45) is 5.28. The number of hydrogen-bond acceptors (Lipinski definition) is 5. The molecule has 0 bridgehead atoms. The predicted octanol–water partition coefficient (Wildman–Crippen LogP) is 2.87. The number of carbonyl (C=O) groups excluding carboxylic acids is 4. The van der Waals surface area contributed by atoms with Gasteiger partial charge in [0.1, 0.15) is 12.1 Å².